The van der Waals surface area contributed by atoms with Crippen LogP contribution < -0.4 is 5.32 Å². The van der Waals surface area contributed by atoms with Gasteiger partial charge >= 0.3 is 0 Å². The van der Waals surface area contributed by atoms with Crippen molar-refractivity contribution in [2.24, 2.45) is 7.05 Å². The second-order valence-corrected chi connectivity index (χ2v) is 4.74. The minimum absolute atomic E-state index is 0.655. The van der Waals surface area contributed by atoms with E-state index in [0.29, 0.717) is 5.15 Å². The zero-order valence-electron chi connectivity index (χ0n) is 11.3. The third kappa shape index (κ3) is 3.59. The standard InChI is InChI=1S/C13H19ClN4O/c1-17-12(14)9-16-13(17)10-18-6-3-4-11(18)8-15-5-7-19-2/h3-4,6,9,15H,5,7-8,10H2,1-2H3. The number of methoxy groups -OCH3 is 1. The van der Waals surface area contributed by atoms with Crippen molar-refractivity contribution in [3.8, 4) is 0 Å². The van der Waals surface area contributed by atoms with Gasteiger partial charge in [0.2, 0.25) is 0 Å². The number of ether oxygens (including phenoxy) is 1. The highest BCUT2D eigenvalue weighted by atomic mass is 35.5. The SMILES string of the molecule is COCCNCc1cccn1Cc1ncc(Cl)n1C. The normalized spacial score (nSPS) is 11.1. The molecule has 2 aromatic heterocycles. The molecule has 2 rings (SSSR count). The molecule has 1 N–H and O–H groups in total. The topological polar surface area (TPSA) is 44.0 Å². The molecule has 104 valence electrons. The predicted molar refractivity (Wildman–Crippen MR) is 75.3 cm³/mol. The van der Waals surface area contributed by atoms with Crippen molar-refractivity contribution in [2.45, 2.75) is 13.1 Å². The predicted octanol–water partition coefficient (Wildman–Crippen LogP) is 1.66. The lowest BCUT2D eigenvalue weighted by Gasteiger charge is -2.10. The first-order chi connectivity index (χ1) is 9.22. The van der Waals surface area contributed by atoms with Crippen LogP contribution in [-0.4, -0.2) is 34.4 Å². The second kappa shape index (κ2) is 6.75. The Labute approximate surface area is 118 Å². The van der Waals surface area contributed by atoms with Crippen LogP contribution in [0.1, 0.15) is 11.5 Å². The molecule has 0 radical (unpaired) electrons. The van der Waals surface area contributed by atoms with Gasteiger partial charge in [-0.1, -0.05) is 11.6 Å². The van der Waals surface area contributed by atoms with E-state index < -0.39 is 0 Å². The highest BCUT2D eigenvalue weighted by Gasteiger charge is 2.07. The van der Waals surface area contributed by atoms with E-state index in [4.69, 9.17) is 16.3 Å². The van der Waals surface area contributed by atoms with E-state index in [9.17, 15) is 0 Å². The van der Waals surface area contributed by atoms with Gasteiger partial charge in [0.05, 0.1) is 19.3 Å². The summed E-state index contributed by atoms with van der Waals surface area (Å²) in [7, 11) is 3.62. The van der Waals surface area contributed by atoms with Crippen LogP contribution in [0.25, 0.3) is 0 Å². The number of hydrogen-bond donors (Lipinski definition) is 1. The number of nitrogens with zero attached hydrogens (tertiary/aromatic N) is 3. The number of halogens is 1. The number of hydrogen-bond acceptors (Lipinski definition) is 3. The molecular weight excluding hydrogens is 264 g/mol. The third-order valence-corrected chi connectivity index (χ3v) is 3.40. The van der Waals surface area contributed by atoms with Crippen molar-refractivity contribution in [3.05, 3.63) is 41.2 Å². The van der Waals surface area contributed by atoms with Crippen molar-refractivity contribution in [1.29, 1.82) is 0 Å². The van der Waals surface area contributed by atoms with E-state index in [1.165, 1.54) is 5.69 Å². The summed E-state index contributed by atoms with van der Waals surface area (Å²) in [6.45, 7) is 3.09. The molecular formula is C13H19ClN4O. The summed E-state index contributed by atoms with van der Waals surface area (Å²) in [5.74, 6) is 0.944. The molecule has 2 heterocycles. The summed E-state index contributed by atoms with van der Waals surface area (Å²) in [6.07, 6.45) is 3.73. The molecule has 0 bridgehead atoms. The molecule has 0 fully saturated rings. The lowest BCUT2D eigenvalue weighted by molar-refractivity contribution is 0.199. The molecule has 0 unspecified atom stereocenters. The van der Waals surface area contributed by atoms with Gasteiger partial charge in [-0.15, -0.1) is 0 Å². The number of nitrogens with one attached hydrogen (secondary N) is 1. The van der Waals surface area contributed by atoms with E-state index in [1.807, 2.05) is 17.7 Å². The highest BCUT2D eigenvalue weighted by Crippen LogP contribution is 2.12. The number of imidazole rings is 1. The number of aromatic nitrogens is 3. The van der Waals surface area contributed by atoms with E-state index in [1.54, 1.807) is 13.3 Å². The molecule has 0 amide bonds. The van der Waals surface area contributed by atoms with Crippen LogP contribution in [0, 0.1) is 0 Å². The van der Waals surface area contributed by atoms with Crippen molar-refractivity contribution in [3.63, 3.8) is 0 Å². The van der Waals surface area contributed by atoms with Gasteiger partial charge in [0.1, 0.15) is 11.0 Å². The fraction of sp³-hybridized carbons (Fsp3) is 0.462. The summed E-state index contributed by atoms with van der Waals surface area (Å²) in [4.78, 5) is 4.31. The first-order valence-electron chi connectivity index (χ1n) is 6.22. The van der Waals surface area contributed by atoms with Crippen LogP contribution in [-0.2, 0) is 24.9 Å². The smallest absolute Gasteiger partial charge is 0.129 e. The Morgan fingerprint density at radius 2 is 2.32 bits per heavy atom. The van der Waals surface area contributed by atoms with Gasteiger partial charge in [-0.25, -0.2) is 4.98 Å². The van der Waals surface area contributed by atoms with E-state index in [2.05, 4.69) is 27.1 Å². The van der Waals surface area contributed by atoms with Crippen LogP contribution in [0.5, 0.6) is 0 Å². The van der Waals surface area contributed by atoms with E-state index in [-0.39, 0.29) is 0 Å². The van der Waals surface area contributed by atoms with E-state index in [0.717, 1.165) is 32.1 Å². The monoisotopic (exact) mass is 282 g/mol. The van der Waals surface area contributed by atoms with Crippen LogP contribution in [0.4, 0.5) is 0 Å². The van der Waals surface area contributed by atoms with Gasteiger partial charge in [0, 0.05) is 39.1 Å². The Kier molecular flexibility index (Phi) is 5.01. The maximum Gasteiger partial charge on any atom is 0.129 e. The van der Waals surface area contributed by atoms with Crippen molar-refractivity contribution in [2.75, 3.05) is 20.3 Å². The molecule has 0 aliphatic rings. The van der Waals surface area contributed by atoms with Crippen LogP contribution in [0.3, 0.4) is 0 Å². The summed E-state index contributed by atoms with van der Waals surface area (Å²) < 4.78 is 9.07. The largest absolute Gasteiger partial charge is 0.383 e. The molecule has 0 aromatic carbocycles. The molecule has 19 heavy (non-hydrogen) atoms. The maximum absolute atomic E-state index is 5.99. The van der Waals surface area contributed by atoms with Gasteiger partial charge in [0.15, 0.2) is 0 Å². The average molecular weight is 283 g/mol. The Morgan fingerprint density at radius 1 is 1.47 bits per heavy atom. The second-order valence-electron chi connectivity index (χ2n) is 4.35. The zero-order valence-corrected chi connectivity index (χ0v) is 12.0. The summed E-state index contributed by atoms with van der Waals surface area (Å²) in [5.41, 5.74) is 1.22. The van der Waals surface area contributed by atoms with Gasteiger partial charge < -0.3 is 19.2 Å². The number of rotatable bonds is 7. The summed E-state index contributed by atoms with van der Waals surface area (Å²) in [6, 6.07) is 4.14. The molecule has 0 spiro atoms. The summed E-state index contributed by atoms with van der Waals surface area (Å²) >= 11 is 5.99. The molecule has 0 aliphatic carbocycles. The van der Waals surface area contributed by atoms with Gasteiger partial charge in [0.25, 0.3) is 0 Å². The minimum Gasteiger partial charge on any atom is -0.383 e. The molecule has 6 heteroatoms. The van der Waals surface area contributed by atoms with Crippen LogP contribution in [0.15, 0.2) is 24.5 Å². The van der Waals surface area contributed by atoms with Crippen LogP contribution in [0.2, 0.25) is 5.15 Å². The zero-order chi connectivity index (χ0) is 13.7. The maximum atomic E-state index is 5.99. The lowest BCUT2D eigenvalue weighted by Crippen LogP contribution is -2.20. The average Bonchev–Trinajstić information content (AvgIpc) is 2.97. The first-order valence-corrected chi connectivity index (χ1v) is 6.60. The molecule has 0 atom stereocenters. The molecule has 0 aliphatic heterocycles. The lowest BCUT2D eigenvalue weighted by atomic mass is 10.4. The van der Waals surface area contributed by atoms with Gasteiger partial charge in [-0.2, -0.15) is 0 Å². The Balaban J connectivity index is 1.97. The Bertz CT molecular complexity index is 520. The van der Waals surface area contributed by atoms with Crippen molar-refractivity contribution in [1.82, 2.24) is 19.4 Å². The minimum atomic E-state index is 0.655. The fourth-order valence-corrected chi connectivity index (χ4v) is 2.02. The Hall–Kier alpha value is -1.30. The summed E-state index contributed by atoms with van der Waals surface area (Å²) in [5, 5.41) is 3.99. The molecule has 2 aromatic rings. The van der Waals surface area contributed by atoms with E-state index >= 15 is 0 Å². The molecule has 0 saturated heterocycles. The van der Waals surface area contributed by atoms with Crippen LogP contribution >= 0.6 is 11.6 Å². The highest BCUT2D eigenvalue weighted by molar-refractivity contribution is 6.29. The van der Waals surface area contributed by atoms with Crippen molar-refractivity contribution < 1.29 is 4.74 Å². The quantitative estimate of drug-likeness (QED) is 0.786. The van der Waals surface area contributed by atoms with Gasteiger partial charge in [-0.05, 0) is 12.1 Å². The molecule has 0 saturated carbocycles. The van der Waals surface area contributed by atoms with Crippen molar-refractivity contribution >= 4 is 11.6 Å². The fourth-order valence-electron chi connectivity index (χ4n) is 1.88. The third-order valence-electron chi connectivity index (χ3n) is 3.05. The molecule has 5 nitrogen and oxygen atoms in total. The Morgan fingerprint density at radius 3 is 3.00 bits per heavy atom. The first kappa shape index (κ1) is 14.1. The van der Waals surface area contributed by atoms with Gasteiger partial charge in [-0.3, -0.25) is 0 Å².